The van der Waals surface area contributed by atoms with Gasteiger partial charge in [0.25, 0.3) is 5.91 Å². The lowest BCUT2D eigenvalue weighted by Crippen LogP contribution is -2.43. The zero-order valence-corrected chi connectivity index (χ0v) is 15.2. The van der Waals surface area contributed by atoms with Crippen LogP contribution in [0.15, 0.2) is 43.1 Å². The van der Waals surface area contributed by atoms with Gasteiger partial charge in [0, 0.05) is 37.8 Å². The van der Waals surface area contributed by atoms with Crippen molar-refractivity contribution in [2.45, 2.75) is 0 Å². The van der Waals surface area contributed by atoms with Crippen LogP contribution >= 0.6 is 0 Å². The average Bonchev–Trinajstić information content (AvgIpc) is 3.29. The van der Waals surface area contributed by atoms with E-state index < -0.39 is 0 Å². The van der Waals surface area contributed by atoms with Crippen LogP contribution in [0.4, 0.5) is 10.1 Å². The molecular formula is C21H19FN4O2. The van der Waals surface area contributed by atoms with Crippen LogP contribution in [-0.4, -0.2) is 48.2 Å². The molecule has 6 nitrogen and oxygen atoms in total. The van der Waals surface area contributed by atoms with Crippen molar-refractivity contribution in [1.29, 1.82) is 0 Å². The molecule has 0 unspecified atom stereocenters. The molecule has 2 aromatic heterocycles. The Morgan fingerprint density at radius 2 is 2.14 bits per heavy atom. The molecule has 0 spiro atoms. The van der Waals surface area contributed by atoms with E-state index in [1.165, 1.54) is 6.07 Å². The van der Waals surface area contributed by atoms with Gasteiger partial charge in [-0.1, -0.05) is 12.7 Å². The first-order valence-corrected chi connectivity index (χ1v) is 9.28. The fourth-order valence-electron chi connectivity index (χ4n) is 3.94. The molecule has 5 rings (SSSR count). The summed E-state index contributed by atoms with van der Waals surface area (Å²) < 4.78 is 22.4. The van der Waals surface area contributed by atoms with E-state index in [2.05, 4.69) is 11.9 Å². The number of halogens is 1. The SMILES string of the molecule is C=CCOc1c2c(nc3cc(N4CCNCC4)c(F)cc13)-c1cccn1C2=O. The molecule has 0 saturated carbocycles. The van der Waals surface area contributed by atoms with Gasteiger partial charge in [0.1, 0.15) is 29.4 Å². The molecule has 0 aliphatic carbocycles. The quantitative estimate of drug-likeness (QED) is 0.554. The van der Waals surface area contributed by atoms with Crippen molar-refractivity contribution in [2.24, 2.45) is 0 Å². The van der Waals surface area contributed by atoms with E-state index >= 15 is 4.39 Å². The van der Waals surface area contributed by atoms with Crippen molar-refractivity contribution < 1.29 is 13.9 Å². The zero-order chi connectivity index (χ0) is 19.3. The summed E-state index contributed by atoms with van der Waals surface area (Å²) in [6.45, 7) is 6.97. The second-order valence-electron chi connectivity index (χ2n) is 6.89. The minimum atomic E-state index is -0.343. The smallest absolute Gasteiger partial charge is 0.268 e. The van der Waals surface area contributed by atoms with E-state index in [9.17, 15) is 4.79 Å². The Hall–Kier alpha value is -3.19. The zero-order valence-electron chi connectivity index (χ0n) is 15.2. The summed E-state index contributed by atoms with van der Waals surface area (Å²) >= 11 is 0. The summed E-state index contributed by atoms with van der Waals surface area (Å²) in [6, 6.07) is 6.84. The molecule has 0 bridgehead atoms. The fraction of sp³-hybridized carbons (Fsp3) is 0.238. The van der Waals surface area contributed by atoms with E-state index in [4.69, 9.17) is 9.72 Å². The van der Waals surface area contributed by atoms with E-state index in [0.717, 1.165) is 31.9 Å². The Morgan fingerprint density at radius 1 is 1.32 bits per heavy atom. The number of nitrogens with one attached hydrogen (secondary N) is 1. The van der Waals surface area contributed by atoms with Gasteiger partial charge in [-0.25, -0.2) is 9.37 Å². The summed E-state index contributed by atoms with van der Waals surface area (Å²) in [5, 5.41) is 3.77. The Kier molecular flexibility index (Phi) is 3.91. The molecule has 0 radical (unpaired) electrons. The predicted octanol–water partition coefficient (Wildman–Crippen LogP) is 2.82. The number of ether oxygens (including phenoxy) is 1. The van der Waals surface area contributed by atoms with Crippen LogP contribution in [0.1, 0.15) is 10.4 Å². The van der Waals surface area contributed by atoms with Gasteiger partial charge in [0.05, 0.1) is 16.9 Å². The van der Waals surface area contributed by atoms with Gasteiger partial charge >= 0.3 is 0 Å². The fourth-order valence-corrected chi connectivity index (χ4v) is 3.94. The maximum atomic E-state index is 15.0. The van der Waals surface area contributed by atoms with Gasteiger partial charge in [-0.3, -0.25) is 9.36 Å². The van der Waals surface area contributed by atoms with Gasteiger partial charge < -0.3 is 15.0 Å². The minimum absolute atomic E-state index is 0.213. The van der Waals surface area contributed by atoms with Crippen LogP contribution in [-0.2, 0) is 0 Å². The molecule has 4 heterocycles. The van der Waals surface area contributed by atoms with Crippen molar-refractivity contribution in [2.75, 3.05) is 37.7 Å². The number of benzene rings is 1. The van der Waals surface area contributed by atoms with Crippen molar-refractivity contribution in [3.8, 4) is 17.1 Å². The number of carbonyl (C=O) groups excluding carboxylic acids is 1. The predicted molar refractivity (Wildman–Crippen MR) is 106 cm³/mol. The Balaban J connectivity index is 1.75. The third-order valence-corrected chi connectivity index (χ3v) is 5.23. The molecular weight excluding hydrogens is 359 g/mol. The summed E-state index contributed by atoms with van der Waals surface area (Å²) in [5.41, 5.74) is 2.79. The number of anilines is 1. The average molecular weight is 378 g/mol. The maximum absolute atomic E-state index is 15.0. The number of hydrogen-bond donors (Lipinski definition) is 1. The van der Waals surface area contributed by atoms with Crippen molar-refractivity contribution in [3.63, 3.8) is 0 Å². The van der Waals surface area contributed by atoms with Gasteiger partial charge in [-0.15, -0.1) is 0 Å². The number of rotatable bonds is 4. The Morgan fingerprint density at radius 3 is 2.93 bits per heavy atom. The first-order valence-electron chi connectivity index (χ1n) is 9.28. The molecule has 2 aliphatic rings. The lowest BCUT2D eigenvalue weighted by molar-refractivity contribution is 0.0966. The standard InChI is InChI=1S/C21H19FN4O2/c1-2-10-28-20-13-11-14(22)17(25-8-5-23-6-9-25)12-15(13)24-19-16-4-3-7-26(16)21(27)18(19)20/h2-4,7,11-12,23H,1,5-6,8-10H2. The van der Waals surface area contributed by atoms with Crippen molar-refractivity contribution in [1.82, 2.24) is 14.9 Å². The number of pyridine rings is 1. The molecule has 1 aromatic carbocycles. The van der Waals surface area contributed by atoms with Crippen LogP contribution in [0, 0.1) is 5.82 Å². The van der Waals surface area contributed by atoms with Gasteiger partial charge in [-0.2, -0.15) is 0 Å². The van der Waals surface area contributed by atoms with Gasteiger partial charge in [0.15, 0.2) is 0 Å². The van der Waals surface area contributed by atoms with E-state index in [1.54, 1.807) is 22.9 Å². The van der Waals surface area contributed by atoms with Crippen molar-refractivity contribution >= 4 is 22.5 Å². The topological polar surface area (TPSA) is 59.4 Å². The number of fused-ring (bicyclic) bond motifs is 4. The van der Waals surface area contributed by atoms with E-state index in [1.807, 2.05) is 17.0 Å². The highest BCUT2D eigenvalue weighted by atomic mass is 19.1. The van der Waals surface area contributed by atoms with E-state index in [-0.39, 0.29) is 18.3 Å². The lowest BCUT2D eigenvalue weighted by atomic mass is 10.1. The number of aromatic nitrogens is 2. The molecule has 3 aromatic rings. The normalized spacial score (nSPS) is 15.6. The number of hydrogen-bond acceptors (Lipinski definition) is 5. The van der Waals surface area contributed by atoms with Crippen LogP contribution < -0.4 is 15.0 Å². The van der Waals surface area contributed by atoms with Gasteiger partial charge in [-0.05, 0) is 24.3 Å². The molecule has 1 fully saturated rings. The Bertz CT molecular complexity index is 1120. The highest BCUT2D eigenvalue weighted by Gasteiger charge is 2.33. The largest absolute Gasteiger partial charge is 0.488 e. The molecule has 28 heavy (non-hydrogen) atoms. The van der Waals surface area contributed by atoms with Crippen LogP contribution in [0.2, 0.25) is 0 Å². The van der Waals surface area contributed by atoms with Gasteiger partial charge in [0.2, 0.25) is 0 Å². The lowest BCUT2D eigenvalue weighted by Gasteiger charge is -2.30. The molecule has 142 valence electrons. The number of piperazine rings is 1. The minimum Gasteiger partial charge on any atom is -0.488 e. The molecule has 1 saturated heterocycles. The molecule has 1 N–H and O–H groups in total. The number of carbonyl (C=O) groups is 1. The van der Waals surface area contributed by atoms with Crippen molar-refractivity contribution in [3.05, 3.63) is 54.5 Å². The second kappa shape index (κ2) is 6.45. The van der Waals surface area contributed by atoms with Crippen LogP contribution in [0.5, 0.6) is 5.75 Å². The summed E-state index contributed by atoms with van der Waals surface area (Å²) in [4.78, 5) is 19.6. The van der Waals surface area contributed by atoms with Crippen LogP contribution in [0.25, 0.3) is 22.3 Å². The van der Waals surface area contributed by atoms with E-state index in [0.29, 0.717) is 33.6 Å². The highest BCUT2D eigenvalue weighted by molar-refractivity contribution is 6.14. The molecule has 0 amide bonds. The van der Waals surface area contributed by atoms with Crippen LogP contribution in [0.3, 0.4) is 0 Å². The molecule has 2 aliphatic heterocycles. The third kappa shape index (κ3) is 2.43. The molecule has 7 heteroatoms. The maximum Gasteiger partial charge on any atom is 0.268 e. The summed E-state index contributed by atoms with van der Waals surface area (Å²) in [7, 11) is 0. The molecule has 0 atom stereocenters. The summed E-state index contributed by atoms with van der Waals surface area (Å²) in [5.74, 6) is -0.195. The first-order chi connectivity index (χ1) is 13.7. The first kappa shape index (κ1) is 16.9. The Labute approximate surface area is 161 Å². The monoisotopic (exact) mass is 378 g/mol. The summed E-state index contributed by atoms with van der Waals surface area (Å²) in [6.07, 6.45) is 3.30. The highest BCUT2D eigenvalue weighted by Crippen LogP contribution is 2.42. The number of nitrogens with zero attached hydrogens (tertiary/aromatic N) is 3. The third-order valence-electron chi connectivity index (χ3n) is 5.23. The second-order valence-corrected chi connectivity index (χ2v) is 6.89.